The molecule has 0 unspecified atom stereocenters. The van der Waals surface area contributed by atoms with E-state index in [2.05, 4.69) is 9.97 Å². The number of morpholine rings is 1. The Labute approximate surface area is 141 Å². The van der Waals surface area contributed by atoms with E-state index in [0.717, 1.165) is 12.8 Å². The Balaban J connectivity index is 1.56. The predicted octanol–water partition coefficient (Wildman–Crippen LogP) is -0.124. The number of rotatable bonds is 3. The third-order valence-electron chi connectivity index (χ3n) is 4.70. The zero-order valence-corrected chi connectivity index (χ0v) is 14.3. The molecule has 8 nitrogen and oxygen atoms in total. The average Bonchev–Trinajstić information content (AvgIpc) is 3.44. The van der Waals surface area contributed by atoms with Crippen LogP contribution in [0.5, 0.6) is 0 Å². The monoisotopic (exact) mass is 354 g/mol. The molecule has 3 aliphatic rings. The summed E-state index contributed by atoms with van der Waals surface area (Å²) in [7, 11) is -3.21. The molecule has 9 heteroatoms. The maximum atomic E-state index is 12.6. The lowest BCUT2D eigenvalue weighted by Crippen LogP contribution is -2.60. The second-order valence-electron chi connectivity index (χ2n) is 6.63. The Morgan fingerprint density at radius 1 is 1.12 bits per heavy atom. The van der Waals surface area contributed by atoms with Crippen molar-refractivity contribution in [3.8, 4) is 0 Å². The maximum Gasteiger partial charge on any atom is 0.225 e. The molecule has 1 aliphatic carbocycles. The predicted molar refractivity (Wildman–Crippen MR) is 87.3 cm³/mol. The van der Waals surface area contributed by atoms with Crippen LogP contribution in [0.25, 0.3) is 0 Å². The fraction of sp³-hybridized carbons (Fsp3) is 0.733. The van der Waals surface area contributed by atoms with Crippen LogP contribution in [0.1, 0.15) is 12.8 Å². The van der Waals surface area contributed by atoms with Gasteiger partial charge in [0.15, 0.2) is 0 Å². The smallest absolute Gasteiger partial charge is 0.225 e. The van der Waals surface area contributed by atoms with E-state index in [1.54, 1.807) is 22.8 Å². The Hall–Kier alpha value is -1.29. The molecule has 0 radical (unpaired) electrons. The zero-order valence-electron chi connectivity index (χ0n) is 13.5. The van der Waals surface area contributed by atoms with Crippen molar-refractivity contribution < 1.29 is 17.9 Å². The number of ether oxygens (including phenoxy) is 2. The molecule has 0 aromatic carbocycles. The number of nitrogens with zero attached hydrogens (tertiary/aromatic N) is 4. The van der Waals surface area contributed by atoms with Gasteiger partial charge in [-0.15, -0.1) is 0 Å². The number of aromatic nitrogens is 2. The largest absolute Gasteiger partial charge is 0.376 e. The minimum Gasteiger partial charge on any atom is -0.376 e. The Morgan fingerprint density at radius 2 is 1.92 bits per heavy atom. The molecular weight excluding hydrogens is 332 g/mol. The minimum atomic E-state index is -3.21. The second kappa shape index (κ2) is 6.21. The lowest BCUT2D eigenvalue weighted by Gasteiger charge is -2.42. The highest BCUT2D eigenvalue weighted by Gasteiger charge is 2.47. The summed E-state index contributed by atoms with van der Waals surface area (Å²) in [4.78, 5) is 10.6. The van der Waals surface area contributed by atoms with Crippen molar-refractivity contribution in [2.75, 3.05) is 50.9 Å². The molecule has 1 atom stereocenters. The number of hydrogen-bond acceptors (Lipinski definition) is 7. The average molecular weight is 354 g/mol. The summed E-state index contributed by atoms with van der Waals surface area (Å²) >= 11 is 0. The first-order valence-corrected chi connectivity index (χ1v) is 9.82. The summed E-state index contributed by atoms with van der Waals surface area (Å²) in [5.74, 6) is 0.619. The molecule has 2 aliphatic heterocycles. The Kier molecular flexibility index (Phi) is 4.19. The molecule has 1 saturated carbocycles. The Morgan fingerprint density at radius 3 is 2.67 bits per heavy atom. The van der Waals surface area contributed by atoms with Crippen LogP contribution in [0.2, 0.25) is 0 Å². The molecular formula is C15H22N4O4S. The van der Waals surface area contributed by atoms with Crippen molar-refractivity contribution in [1.82, 2.24) is 14.3 Å². The summed E-state index contributed by atoms with van der Waals surface area (Å²) in [6.45, 7) is 3.24. The Bertz CT molecular complexity index is 682. The quantitative estimate of drug-likeness (QED) is 0.748. The fourth-order valence-corrected chi connectivity index (χ4v) is 5.22. The number of anilines is 1. The summed E-state index contributed by atoms with van der Waals surface area (Å²) in [5, 5.41) is -0.201. The van der Waals surface area contributed by atoms with Crippen LogP contribution in [0, 0.1) is 0 Å². The third kappa shape index (κ3) is 3.13. The van der Waals surface area contributed by atoms with E-state index >= 15 is 0 Å². The molecule has 3 fully saturated rings. The van der Waals surface area contributed by atoms with Crippen molar-refractivity contribution >= 4 is 16.0 Å². The lowest BCUT2D eigenvalue weighted by molar-refractivity contribution is -0.116. The van der Waals surface area contributed by atoms with Crippen LogP contribution in [-0.2, 0) is 19.5 Å². The van der Waals surface area contributed by atoms with Crippen molar-refractivity contribution in [3.05, 3.63) is 18.5 Å². The summed E-state index contributed by atoms with van der Waals surface area (Å²) in [6, 6.07) is 1.77. The van der Waals surface area contributed by atoms with Gasteiger partial charge in [0, 0.05) is 32.0 Å². The van der Waals surface area contributed by atoms with Crippen LogP contribution in [0.15, 0.2) is 18.5 Å². The summed E-state index contributed by atoms with van der Waals surface area (Å²) in [5.41, 5.74) is -0.671. The maximum absolute atomic E-state index is 12.6. The van der Waals surface area contributed by atoms with E-state index in [4.69, 9.17) is 9.47 Å². The van der Waals surface area contributed by atoms with Crippen molar-refractivity contribution in [3.63, 3.8) is 0 Å². The highest BCUT2D eigenvalue weighted by atomic mass is 32.2. The molecule has 1 spiro atoms. The topological polar surface area (TPSA) is 84.9 Å². The summed E-state index contributed by atoms with van der Waals surface area (Å²) < 4.78 is 38.6. The van der Waals surface area contributed by atoms with E-state index in [-0.39, 0.29) is 5.25 Å². The molecule has 2 saturated heterocycles. The molecule has 0 N–H and O–H groups in total. The van der Waals surface area contributed by atoms with Gasteiger partial charge in [-0.1, -0.05) is 0 Å². The highest BCUT2D eigenvalue weighted by molar-refractivity contribution is 7.90. The van der Waals surface area contributed by atoms with Gasteiger partial charge in [-0.3, -0.25) is 0 Å². The van der Waals surface area contributed by atoms with Crippen molar-refractivity contribution in [2.45, 2.75) is 23.7 Å². The first-order chi connectivity index (χ1) is 11.6. The van der Waals surface area contributed by atoms with E-state index in [1.807, 2.05) is 4.90 Å². The van der Waals surface area contributed by atoms with Gasteiger partial charge in [-0.05, 0) is 18.9 Å². The van der Waals surface area contributed by atoms with E-state index < -0.39 is 15.6 Å². The molecule has 1 aromatic rings. The van der Waals surface area contributed by atoms with Gasteiger partial charge in [0.2, 0.25) is 16.0 Å². The van der Waals surface area contributed by atoms with Gasteiger partial charge < -0.3 is 14.4 Å². The van der Waals surface area contributed by atoms with Gasteiger partial charge in [-0.2, -0.15) is 4.31 Å². The van der Waals surface area contributed by atoms with E-state index in [0.29, 0.717) is 51.9 Å². The normalized spacial score (nSPS) is 29.6. The number of sulfonamides is 1. The molecule has 132 valence electrons. The second-order valence-corrected chi connectivity index (χ2v) is 8.85. The van der Waals surface area contributed by atoms with Crippen LogP contribution in [0.3, 0.4) is 0 Å². The van der Waals surface area contributed by atoms with Gasteiger partial charge in [0.1, 0.15) is 5.60 Å². The molecule has 4 rings (SSSR count). The standard InChI is InChI=1S/C15H22N4O4S/c20-24(21,13-2-3-13)19-7-9-23-15(11-19)10-18(6-8-22-12-15)14-16-4-1-5-17-14/h1,4-5,13H,2-3,6-12H2/t15-/m0/s1. The first kappa shape index (κ1) is 16.2. The van der Waals surface area contributed by atoms with Gasteiger partial charge in [-0.25, -0.2) is 18.4 Å². The third-order valence-corrected chi connectivity index (χ3v) is 7.05. The van der Waals surface area contributed by atoms with Crippen LogP contribution < -0.4 is 4.90 Å². The van der Waals surface area contributed by atoms with Crippen molar-refractivity contribution in [2.24, 2.45) is 0 Å². The minimum absolute atomic E-state index is 0.201. The molecule has 24 heavy (non-hydrogen) atoms. The highest BCUT2D eigenvalue weighted by Crippen LogP contribution is 2.34. The molecule has 0 bridgehead atoms. The van der Waals surface area contributed by atoms with E-state index in [1.165, 1.54) is 0 Å². The first-order valence-electron chi connectivity index (χ1n) is 8.32. The van der Waals surface area contributed by atoms with Crippen molar-refractivity contribution in [1.29, 1.82) is 0 Å². The fourth-order valence-electron chi connectivity index (χ4n) is 3.32. The van der Waals surface area contributed by atoms with Gasteiger partial charge in [0.25, 0.3) is 0 Å². The van der Waals surface area contributed by atoms with Crippen LogP contribution in [-0.4, -0.2) is 79.5 Å². The van der Waals surface area contributed by atoms with Gasteiger partial charge in [0.05, 0.1) is 31.6 Å². The molecule has 3 heterocycles. The van der Waals surface area contributed by atoms with E-state index in [9.17, 15) is 8.42 Å². The van der Waals surface area contributed by atoms with Crippen LogP contribution in [0.4, 0.5) is 5.95 Å². The van der Waals surface area contributed by atoms with Crippen LogP contribution >= 0.6 is 0 Å². The number of hydrogen-bond donors (Lipinski definition) is 0. The molecule has 0 amide bonds. The zero-order chi connectivity index (χ0) is 16.6. The van der Waals surface area contributed by atoms with Gasteiger partial charge >= 0.3 is 0 Å². The SMILES string of the molecule is O=S(=O)(C1CC1)N1CCO[C@]2(COCCN(c3ncccn3)C2)C1. The lowest BCUT2D eigenvalue weighted by atomic mass is 10.0. The summed E-state index contributed by atoms with van der Waals surface area (Å²) in [6.07, 6.45) is 4.94. The molecule has 1 aromatic heterocycles.